The van der Waals surface area contributed by atoms with E-state index in [2.05, 4.69) is 15.4 Å². The molecule has 8 heteroatoms. The fourth-order valence-electron chi connectivity index (χ4n) is 3.38. The van der Waals surface area contributed by atoms with Crippen LogP contribution in [0.5, 0.6) is 0 Å². The summed E-state index contributed by atoms with van der Waals surface area (Å²) in [4.78, 5) is 31.1. The van der Waals surface area contributed by atoms with Crippen molar-refractivity contribution >= 4 is 29.4 Å². The van der Waals surface area contributed by atoms with E-state index in [1.54, 1.807) is 35.1 Å². The second-order valence-electron chi connectivity index (χ2n) is 6.97. The number of amides is 2. The van der Waals surface area contributed by atoms with E-state index in [-0.39, 0.29) is 17.2 Å². The lowest BCUT2D eigenvalue weighted by Crippen LogP contribution is -2.29. The predicted molar refractivity (Wildman–Crippen MR) is 117 cm³/mol. The Morgan fingerprint density at radius 2 is 2.07 bits per heavy atom. The molecular weight excluding hydrogens is 398 g/mol. The first-order chi connectivity index (χ1) is 14.7. The Morgan fingerprint density at radius 1 is 1.13 bits per heavy atom. The highest BCUT2D eigenvalue weighted by Crippen LogP contribution is 2.41. The van der Waals surface area contributed by atoms with E-state index in [1.165, 1.54) is 0 Å². The normalized spacial score (nSPS) is 16.1. The summed E-state index contributed by atoms with van der Waals surface area (Å²) < 4.78 is 1.89. The maximum absolute atomic E-state index is 12.6. The van der Waals surface area contributed by atoms with Crippen LogP contribution >= 0.6 is 11.8 Å². The van der Waals surface area contributed by atoms with Gasteiger partial charge in [0.2, 0.25) is 5.91 Å². The van der Waals surface area contributed by atoms with Crippen LogP contribution in [-0.2, 0) is 11.3 Å². The molecule has 154 valence electrons. The zero-order valence-electron chi connectivity index (χ0n) is 16.5. The summed E-state index contributed by atoms with van der Waals surface area (Å²) in [6.07, 6.45) is 7.20. The molecule has 4 rings (SSSR count). The summed E-state index contributed by atoms with van der Waals surface area (Å²) >= 11 is 1.55. The van der Waals surface area contributed by atoms with Gasteiger partial charge in [-0.3, -0.25) is 19.2 Å². The van der Waals surface area contributed by atoms with Crippen molar-refractivity contribution in [3.63, 3.8) is 0 Å². The fourth-order valence-corrected chi connectivity index (χ4v) is 4.54. The molecule has 3 heterocycles. The number of hydrogen-bond donors (Lipinski definition) is 1. The van der Waals surface area contributed by atoms with Crippen LogP contribution in [0.3, 0.4) is 0 Å². The summed E-state index contributed by atoms with van der Waals surface area (Å²) in [5.41, 5.74) is 1.52. The molecule has 0 aliphatic carbocycles. The topological polar surface area (TPSA) is 80.1 Å². The molecule has 2 aromatic heterocycles. The summed E-state index contributed by atoms with van der Waals surface area (Å²) in [5, 5.41) is 6.97. The van der Waals surface area contributed by atoms with Crippen LogP contribution in [0.4, 0.5) is 5.82 Å². The molecule has 1 N–H and O–H groups in total. The number of carbonyl (C=O) groups is 2. The van der Waals surface area contributed by atoms with Crippen LogP contribution in [0, 0.1) is 0 Å². The van der Waals surface area contributed by atoms with Gasteiger partial charge in [-0.1, -0.05) is 18.2 Å². The number of aromatic nitrogens is 3. The number of aryl methyl sites for hydroxylation is 1. The van der Waals surface area contributed by atoms with Crippen LogP contribution in [-0.4, -0.2) is 38.9 Å². The van der Waals surface area contributed by atoms with Crippen molar-refractivity contribution in [2.24, 2.45) is 0 Å². The molecular formula is C22H23N5O2S. The summed E-state index contributed by atoms with van der Waals surface area (Å²) in [5.74, 6) is 0.948. The number of pyridine rings is 1. The Kier molecular flexibility index (Phi) is 6.44. The molecule has 1 aliphatic rings. The Labute approximate surface area is 179 Å². The highest BCUT2D eigenvalue weighted by Gasteiger charge is 2.35. The molecule has 1 fully saturated rings. The Bertz CT molecular complexity index is 994. The third-order valence-electron chi connectivity index (χ3n) is 4.86. The van der Waals surface area contributed by atoms with E-state index >= 15 is 0 Å². The van der Waals surface area contributed by atoms with E-state index in [4.69, 9.17) is 0 Å². The maximum Gasteiger partial charge on any atom is 0.251 e. The molecule has 1 saturated heterocycles. The van der Waals surface area contributed by atoms with Gasteiger partial charge in [-0.15, -0.1) is 11.8 Å². The quantitative estimate of drug-likeness (QED) is 0.565. The minimum absolute atomic E-state index is 0.0238. The number of carbonyl (C=O) groups excluding carboxylic acids is 2. The predicted octanol–water partition coefficient (Wildman–Crippen LogP) is 3.27. The van der Waals surface area contributed by atoms with E-state index in [9.17, 15) is 9.59 Å². The average molecular weight is 422 g/mol. The van der Waals surface area contributed by atoms with Gasteiger partial charge in [0.1, 0.15) is 11.2 Å². The largest absolute Gasteiger partial charge is 0.352 e. The Balaban J connectivity index is 1.37. The number of rotatable bonds is 8. The summed E-state index contributed by atoms with van der Waals surface area (Å²) in [6, 6.07) is 14.9. The number of thioether (sulfide) groups is 1. The van der Waals surface area contributed by atoms with Gasteiger partial charge in [-0.05, 0) is 48.7 Å². The van der Waals surface area contributed by atoms with E-state index in [0.717, 1.165) is 24.9 Å². The van der Waals surface area contributed by atoms with Crippen LogP contribution < -0.4 is 10.2 Å². The van der Waals surface area contributed by atoms with Crippen molar-refractivity contribution in [3.8, 4) is 0 Å². The number of hydrogen-bond acceptors (Lipinski definition) is 5. The number of benzene rings is 1. The van der Waals surface area contributed by atoms with Crippen LogP contribution in [0.15, 0.2) is 67.1 Å². The molecule has 3 aromatic rings. The van der Waals surface area contributed by atoms with Crippen molar-refractivity contribution in [2.45, 2.75) is 24.8 Å². The molecule has 0 bridgehead atoms. The van der Waals surface area contributed by atoms with Gasteiger partial charge in [0.05, 0.1) is 5.75 Å². The molecule has 0 saturated carbocycles. The van der Waals surface area contributed by atoms with Crippen molar-refractivity contribution in [1.82, 2.24) is 20.1 Å². The zero-order valence-corrected chi connectivity index (χ0v) is 17.3. The minimum Gasteiger partial charge on any atom is -0.352 e. The third kappa shape index (κ3) is 4.71. The van der Waals surface area contributed by atoms with Gasteiger partial charge >= 0.3 is 0 Å². The number of unbranched alkanes of at least 4 members (excludes halogenated alkanes) is 1. The standard InChI is InChI=1S/C22H23N5O2S/c28-20-16-30-22(27(20)19-9-1-2-10-23-19)18-8-5-7-17(15-18)21(29)24-11-3-4-13-26-14-6-12-25-26/h1-2,5-10,12,14-15,22H,3-4,11,13,16H2,(H,24,29). The van der Waals surface area contributed by atoms with Gasteiger partial charge in [0.25, 0.3) is 5.91 Å². The van der Waals surface area contributed by atoms with Crippen LogP contribution in [0.1, 0.15) is 34.1 Å². The van der Waals surface area contributed by atoms with Gasteiger partial charge < -0.3 is 5.32 Å². The minimum atomic E-state index is -0.186. The second kappa shape index (κ2) is 9.58. The molecule has 0 spiro atoms. The first-order valence-corrected chi connectivity index (χ1v) is 11.0. The Hall–Kier alpha value is -3.13. The summed E-state index contributed by atoms with van der Waals surface area (Å²) in [7, 11) is 0. The summed E-state index contributed by atoms with van der Waals surface area (Å²) in [6.45, 7) is 1.45. The molecule has 30 heavy (non-hydrogen) atoms. The highest BCUT2D eigenvalue weighted by molar-refractivity contribution is 8.00. The zero-order chi connectivity index (χ0) is 20.8. The number of anilines is 1. The van der Waals surface area contributed by atoms with Crippen LogP contribution in [0.25, 0.3) is 0 Å². The molecule has 1 unspecified atom stereocenters. The van der Waals surface area contributed by atoms with Crippen LogP contribution in [0.2, 0.25) is 0 Å². The second-order valence-corrected chi connectivity index (χ2v) is 8.04. The molecule has 7 nitrogen and oxygen atoms in total. The lowest BCUT2D eigenvalue weighted by atomic mass is 10.1. The third-order valence-corrected chi connectivity index (χ3v) is 6.07. The number of nitrogens with zero attached hydrogens (tertiary/aromatic N) is 4. The van der Waals surface area contributed by atoms with E-state index in [0.29, 0.717) is 23.7 Å². The molecule has 1 aromatic carbocycles. The monoisotopic (exact) mass is 421 g/mol. The molecule has 2 amide bonds. The fraction of sp³-hybridized carbons (Fsp3) is 0.273. The van der Waals surface area contributed by atoms with Crippen molar-refractivity contribution in [1.29, 1.82) is 0 Å². The van der Waals surface area contributed by atoms with E-state index < -0.39 is 0 Å². The van der Waals surface area contributed by atoms with Crippen molar-refractivity contribution in [2.75, 3.05) is 17.2 Å². The first-order valence-electron chi connectivity index (χ1n) is 9.92. The smallest absolute Gasteiger partial charge is 0.251 e. The SMILES string of the molecule is O=C(NCCCCn1cccn1)c1cccc(C2SCC(=O)N2c2ccccn2)c1. The first kappa shape index (κ1) is 20.2. The highest BCUT2D eigenvalue weighted by atomic mass is 32.2. The lowest BCUT2D eigenvalue weighted by Gasteiger charge is -2.23. The lowest BCUT2D eigenvalue weighted by molar-refractivity contribution is -0.115. The van der Waals surface area contributed by atoms with Gasteiger partial charge in [0.15, 0.2) is 0 Å². The molecule has 0 radical (unpaired) electrons. The average Bonchev–Trinajstić information content (AvgIpc) is 3.44. The van der Waals surface area contributed by atoms with Gasteiger partial charge in [-0.2, -0.15) is 5.10 Å². The molecule has 1 atom stereocenters. The van der Waals surface area contributed by atoms with Crippen molar-refractivity contribution in [3.05, 3.63) is 78.2 Å². The Morgan fingerprint density at radius 3 is 2.87 bits per heavy atom. The van der Waals surface area contributed by atoms with E-state index in [1.807, 2.05) is 53.3 Å². The number of nitrogens with one attached hydrogen (secondary N) is 1. The van der Waals surface area contributed by atoms with Gasteiger partial charge in [-0.25, -0.2) is 4.98 Å². The molecule has 1 aliphatic heterocycles. The van der Waals surface area contributed by atoms with Crippen molar-refractivity contribution < 1.29 is 9.59 Å². The van der Waals surface area contributed by atoms with Gasteiger partial charge in [0, 0.05) is 37.2 Å². The maximum atomic E-state index is 12.6.